The van der Waals surface area contributed by atoms with Crippen molar-refractivity contribution in [1.82, 2.24) is 5.43 Å². The van der Waals surface area contributed by atoms with Crippen molar-refractivity contribution in [3.05, 3.63) is 11.8 Å². The summed E-state index contributed by atoms with van der Waals surface area (Å²) in [7, 11) is 0. The maximum absolute atomic E-state index is 5.67. The van der Waals surface area contributed by atoms with Crippen LogP contribution < -0.4 is 5.43 Å². The Morgan fingerprint density at radius 2 is 2.29 bits per heavy atom. The molecule has 2 aliphatic rings. The summed E-state index contributed by atoms with van der Waals surface area (Å²) in [5.41, 5.74) is 5.81. The van der Waals surface area contributed by atoms with Crippen LogP contribution in [0.25, 0.3) is 0 Å². The lowest BCUT2D eigenvalue weighted by atomic mass is 9.86. The van der Waals surface area contributed by atoms with Crippen molar-refractivity contribution >= 4 is 28.7 Å². The van der Waals surface area contributed by atoms with Crippen molar-refractivity contribution in [2.75, 3.05) is 0 Å². The van der Waals surface area contributed by atoms with Gasteiger partial charge in [-0.2, -0.15) is 5.10 Å². The van der Waals surface area contributed by atoms with Crippen molar-refractivity contribution in [3.63, 3.8) is 0 Å². The molecule has 0 aromatic heterocycles. The largest absolute Gasteiger partial charge is 0.309 e. The van der Waals surface area contributed by atoms with E-state index < -0.39 is 0 Å². The Hall–Kier alpha value is -0.100. The van der Waals surface area contributed by atoms with Gasteiger partial charge in [-0.25, -0.2) is 0 Å². The second kappa shape index (κ2) is 5.69. The molecule has 2 atom stereocenters. The number of nitrogens with one attached hydrogen (secondary N) is 1. The van der Waals surface area contributed by atoms with Gasteiger partial charge in [0, 0.05) is 17.8 Å². The van der Waals surface area contributed by atoms with Gasteiger partial charge in [-0.05, 0) is 45.1 Å². The van der Waals surface area contributed by atoms with Crippen molar-refractivity contribution in [2.24, 2.45) is 11.0 Å². The molecule has 96 valence electrons. The van der Waals surface area contributed by atoms with E-state index in [1.54, 1.807) is 0 Å². The zero-order valence-corrected chi connectivity index (χ0v) is 12.8. The lowest BCUT2D eigenvalue weighted by Crippen LogP contribution is -2.26. The zero-order chi connectivity index (χ0) is 12.3. The van der Waals surface area contributed by atoms with E-state index in [-0.39, 0.29) is 5.60 Å². The maximum atomic E-state index is 5.67. The quantitative estimate of drug-likeness (QED) is 0.728. The molecule has 2 rings (SSSR count). The van der Waals surface area contributed by atoms with Crippen LogP contribution in [0.1, 0.15) is 52.4 Å². The summed E-state index contributed by atoms with van der Waals surface area (Å²) in [6, 6.07) is 0. The smallest absolute Gasteiger partial charge is 0.110 e. The number of hydrogen-bond donors (Lipinski definition) is 1. The third-order valence-electron chi connectivity index (χ3n) is 4.02. The molecule has 3 nitrogen and oxygen atoms in total. The fourth-order valence-electron chi connectivity index (χ4n) is 2.76. The summed E-state index contributed by atoms with van der Waals surface area (Å²) in [5, 5.41) is 4.33. The molecule has 17 heavy (non-hydrogen) atoms. The lowest BCUT2D eigenvalue weighted by molar-refractivity contribution is 0.123. The van der Waals surface area contributed by atoms with Gasteiger partial charge in [-0.3, -0.25) is 5.43 Å². The van der Waals surface area contributed by atoms with Crippen LogP contribution >= 0.6 is 23.0 Å². The molecule has 0 saturated heterocycles. The van der Waals surface area contributed by atoms with Crippen LogP contribution in [-0.2, 0) is 3.07 Å². The minimum absolute atomic E-state index is 0.0405. The highest BCUT2D eigenvalue weighted by Gasteiger charge is 2.29. The molecule has 1 N–H and O–H groups in total. The highest BCUT2D eigenvalue weighted by Crippen LogP contribution is 2.35. The lowest BCUT2D eigenvalue weighted by Gasteiger charge is -2.27. The molecule has 0 aromatic rings. The molecule has 1 fully saturated rings. The molecule has 1 aliphatic heterocycles. The Morgan fingerprint density at radius 1 is 1.47 bits per heavy atom. The first kappa shape index (κ1) is 13.3. The van der Waals surface area contributed by atoms with Crippen molar-refractivity contribution < 1.29 is 3.07 Å². The first-order valence-electron chi connectivity index (χ1n) is 6.43. The number of hydrazone groups is 1. The minimum Gasteiger partial charge on any atom is -0.309 e. The summed E-state index contributed by atoms with van der Waals surface area (Å²) in [6.07, 6.45) is 9.24. The Bertz CT molecular complexity index is 340. The zero-order valence-electron chi connectivity index (χ0n) is 10.6. The average Bonchev–Trinajstić information content (AvgIpc) is 2.41. The van der Waals surface area contributed by atoms with Crippen LogP contribution in [0.3, 0.4) is 0 Å². The topological polar surface area (TPSA) is 33.6 Å². The van der Waals surface area contributed by atoms with E-state index in [1.807, 2.05) is 0 Å². The van der Waals surface area contributed by atoms with Crippen LogP contribution in [0.5, 0.6) is 0 Å². The molecule has 1 heterocycles. The Labute approximate surface area is 118 Å². The van der Waals surface area contributed by atoms with Crippen molar-refractivity contribution in [3.8, 4) is 0 Å². The van der Waals surface area contributed by atoms with Gasteiger partial charge in [-0.1, -0.05) is 12.8 Å². The van der Waals surface area contributed by atoms with E-state index in [1.165, 1.54) is 37.0 Å². The normalized spacial score (nSPS) is 34.4. The summed E-state index contributed by atoms with van der Waals surface area (Å²) in [4.78, 5) is 0. The summed E-state index contributed by atoms with van der Waals surface area (Å²) < 4.78 is 5.67. The summed E-state index contributed by atoms with van der Waals surface area (Å²) in [6.45, 7) is 4.37. The van der Waals surface area contributed by atoms with Gasteiger partial charge in [0.05, 0.1) is 5.60 Å². The van der Waals surface area contributed by atoms with E-state index in [4.69, 9.17) is 3.07 Å². The molecule has 4 heteroatoms. The number of nitrogens with zero attached hydrogens (tertiary/aromatic N) is 1. The second-order valence-corrected chi connectivity index (χ2v) is 5.87. The molecule has 0 spiro atoms. The van der Waals surface area contributed by atoms with Crippen molar-refractivity contribution in [1.29, 1.82) is 0 Å². The molecular formula is C13H21IN2O. The van der Waals surface area contributed by atoms with E-state index in [2.05, 4.69) is 53.6 Å². The summed E-state index contributed by atoms with van der Waals surface area (Å²) in [5.74, 6) is 0.563. The minimum atomic E-state index is 0.0405. The van der Waals surface area contributed by atoms with E-state index >= 15 is 0 Å². The third-order valence-corrected chi connectivity index (χ3v) is 5.08. The van der Waals surface area contributed by atoms with Crippen LogP contribution in [0.15, 0.2) is 16.9 Å². The van der Waals surface area contributed by atoms with Crippen molar-refractivity contribution in [2.45, 2.75) is 58.0 Å². The standard InChI is InChI=1S/C13H21IN2O/c1-10-12-5-3-4-7-13(2,17-14)8-6-11(12)9-15-16-10/h9,12,15H,3-8H2,1-2H3/t12?,13-/m0/s1. The predicted molar refractivity (Wildman–Crippen MR) is 79.0 cm³/mol. The highest BCUT2D eigenvalue weighted by molar-refractivity contribution is 14.1. The fraction of sp³-hybridized carbons (Fsp3) is 0.769. The first-order chi connectivity index (χ1) is 8.14. The average molecular weight is 348 g/mol. The van der Waals surface area contributed by atoms with Gasteiger partial charge in [0.15, 0.2) is 0 Å². The predicted octanol–water partition coefficient (Wildman–Crippen LogP) is 3.95. The molecule has 0 radical (unpaired) electrons. The van der Waals surface area contributed by atoms with E-state index in [0.717, 1.165) is 12.8 Å². The van der Waals surface area contributed by atoms with Gasteiger partial charge in [0.2, 0.25) is 0 Å². The molecule has 1 aliphatic carbocycles. The van der Waals surface area contributed by atoms with Crippen LogP contribution in [-0.4, -0.2) is 11.3 Å². The maximum Gasteiger partial charge on any atom is 0.110 e. The van der Waals surface area contributed by atoms with Gasteiger partial charge in [-0.15, -0.1) is 0 Å². The molecule has 0 bridgehead atoms. The van der Waals surface area contributed by atoms with Crippen LogP contribution in [0.4, 0.5) is 0 Å². The number of rotatable bonds is 1. The molecule has 1 unspecified atom stereocenters. The summed E-state index contributed by atoms with van der Waals surface area (Å²) >= 11 is 2.06. The van der Waals surface area contributed by atoms with Gasteiger partial charge < -0.3 is 3.07 Å². The molecule has 0 amide bonds. The highest BCUT2D eigenvalue weighted by atomic mass is 127. The SMILES string of the molecule is CC1=NNC=C2CC[C@@](C)(OI)CCCCC21. The van der Waals surface area contributed by atoms with E-state index in [9.17, 15) is 0 Å². The van der Waals surface area contributed by atoms with Crippen LogP contribution in [0.2, 0.25) is 0 Å². The Balaban J connectivity index is 2.11. The number of fused-ring (bicyclic) bond motifs is 1. The number of halogens is 1. The molecule has 0 aromatic carbocycles. The Kier molecular flexibility index (Phi) is 4.47. The van der Waals surface area contributed by atoms with Gasteiger partial charge >= 0.3 is 0 Å². The van der Waals surface area contributed by atoms with E-state index in [0.29, 0.717) is 5.92 Å². The number of allylic oxidation sites excluding steroid dienone is 1. The van der Waals surface area contributed by atoms with Gasteiger partial charge in [0.1, 0.15) is 23.0 Å². The molecule has 1 saturated carbocycles. The Morgan fingerprint density at radius 3 is 3.06 bits per heavy atom. The molecular weight excluding hydrogens is 327 g/mol. The van der Waals surface area contributed by atoms with Gasteiger partial charge in [0.25, 0.3) is 0 Å². The second-order valence-electron chi connectivity index (χ2n) is 5.43. The van der Waals surface area contributed by atoms with Crippen LogP contribution in [0, 0.1) is 5.92 Å². The monoisotopic (exact) mass is 348 g/mol. The third kappa shape index (κ3) is 3.22. The number of hydrogen-bond acceptors (Lipinski definition) is 3. The first-order valence-corrected chi connectivity index (χ1v) is 7.31. The fourth-order valence-corrected chi connectivity index (χ4v) is 3.20.